The summed E-state index contributed by atoms with van der Waals surface area (Å²) in [5.74, 6) is -1.24. The van der Waals surface area contributed by atoms with Gasteiger partial charge in [-0.2, -0.15) is 0 Å². The number of imide groups is 1. The molecule has 8 heteroatoms. The van der Waals surface area contributed by atoms with E-state index in [0.717, 1.165) is 29.5 Å². The molecule has 5 rings (SSSR count). The number of fused-ring (bicyclic) bond motifs is 2. The number of carbonyl (C=O) groups excluding carboxylic acids is 3. The van der Waals surface area contributed by atoms with Crippen molar-refractivity contribution >= 4 is 28.9 Å². The molecule has 34 heavy (non-hydrogen) atoms. The highest BCUT2D eigenvalue weighted by Gasteiger charge is 2.51. The van der Waals surface area contributed by atoms with E-state index in [2.05, 4.69) is 5.32 Å². The van der Waals surface area contributed by atoms with Crippen molar-refractivity contribution in [1.82, 2.24) is 10.2 Å². The molecule has 0 bridgehead atoms. The number of benzene rings is 2. The highest BCUT2D eigenvalue weighted by atomic mass is 16.5. The average molecular weight is 460 g/mol. The maximum atomic E-state index is 13.2. The number of esters is 1. The summed E-state index contributed by atoms with van der Waals surface area (Å²) >= 11 is 0. The van der Waals surface area contributed by atoms with Crippen LogP contribution in [0.2, 0.25) is 0 Å². The van der Waals surface area contributed by atoms with Gasteiger partial charge in [0.2, 0.25) is 0 Å². The second-order valence-electron chi connectivity index (χ2n) is 8.67. The zero-order chi connectivity index (χ0) is 23.9. The lowest BCUT2D eigenvalue weighted by atomic mass is 9.87. The van der Waals surface area contributed by atoms with Crippen molar-refractivity contribution in [2.75, 3.05) is 6.54 Å². The van der Waals surface area contributed by atoms with Crippen LogP contribution in [-0.2, 0) is 39.3 Å². The molecule has 1 N–H and O–H groups in total. The number of ether oxygens (including phenoxy) is 1. The molecule has 0 spiro atoms. The first-order valence-corrected chi connectivity index (χ1v) is 11.3. The smallest absolute Gasteiger partial charge is 0.336 e. The van der Waals surface area contributed by atoms with E-state index in [1.165, 1.54) is 17.2 Å². The lowest BCUT2D eigenvalue weighted by molar-refractivity contribution is -0.149. The molecular formula is C26H24N2O6. The summed E-state index contributed by atoms with van der Waals surface area (Å²) in [4.78, 5) is 51.3. The van der Waals surface area contributed by atoms with E-state index < -0.39 is 35.6 Å². The number of hydrogen-bond donors (Lipinski definition) is 1. The summed E-state index contributed by atoms with van der Waals surface area (Å²) in [6.45, 7) is 1.12. The fourth-order valence-electron chi connectivity index (χ4n) is 4.88. The minimum atomic E-state index is -1.21. The Morgan fingerprint density at radius 3 is 2.56 bits per heavy atom. The monoisotopic (exact) mass is 460 g/mol. The average Bonchev–Trinajstić information content (AvgIpc) is 3.39. The Balaban J connectivity index is 1.33. The van der Waals surface area contributed by atoms with Crippen molar-refractivity contribution < 1.29 is 23.5 Å². The summed E-state index contributed by atoms with van der Waals surface area (Å²) < 4.78 is 10.7. The zero-order valence-electron chi connectivity index (χ0n) is 18.8. The van der Waals surface area contributed by atoms with Crippen LogP contribution in [0.3, 0.4) is 0 Å². The zero-order valence-corrected chi connectivity index (χ0v) is 18.8. The van der Waals surface area contributed by atoms with Crippen molar-refractivity contribution in [2.24, 2.45) is 0 Å². The maximum Gasteiger partial charge on any atom is 0.336 e. The van der Waals surface area contributed by atoms with Crippen LogP contribution in [0.4, 0.5) is 4.79 Å². The normalized spacial score (nSPS) is 19.4. The Morgan fingerprint density at radius 1 is 1.09 bits per heavy atom. The molecule has 1 unspecified atom stereocenters. The Hall–Kier alpha value is -3.94. The van der Waals surface area contributed by atoms with Crippen molar-refractivity contribution in [2.45, 2.75) is 44.8 Å². The van der Waals surface area contributed by atoms with Gasteiger partial charge in [0.05, 0.1) is 0 Å². The molecule has 1 saturated heterocycles. The minimum Gasteiger partial charge on any atom is -0.459 e. The second kappa shape index (κ2) is 8.44. The molecule has 1 aromatic heterocycles. The molecular weight excluding hydrogens is 436 g/mol. The molecule has 8 nitrogen and oxygen atoms in total. The highest BCUT2D eigenvalue weighted by molar-refractivity contribution is 6.09. The van der Waals surface area contributed by atoms with Gasteiger partial charge in [-0.3, -0.25) is 14.5 Å². The van der Waals surface area contributed by atoms with Gasteiger partial charge in [0, 0.05) is 17.0 Å². The first kappa shape index (κ1) is 21.9. The van der Waals surface area contributed by atoms with Crippen LogP contribution < -0.4 is 10.9 Å². The third-order valence-corrected chi connectivity index (χ3v) is 6.69. The van der Waals surface area contributed by atoms with E-state index in [0.29, 0.717) is 23.1 Å². The number of nitrogens with zero attached hydrogens (tertiary/aromatic N) is 1. The van der Waals surface area contributed by atoms with Crippen LogP contribution in [0.15, 0.2) is 57.7 Å². The van der Waals surface area contributed by atoms with E-state index in [4.69, 9.17) is 9.15 Å². The SMILES string of the molecule is CCC1(c2ccccc2)NC(=O)N(CC(=O)OCc2cc(=O)oc3cc4c(cc23)CCC4)C1=O. The van der Waals surface area contributed by atoms with Crippen molar-refractivity contribution in [3.05, 3.63) is 81.2 Å². The van der Waals surface area contributed by atoms with Crippen molar-refractivity contribution in [1.29, 1.82) is 0 Å². The Bertz CT molecular complexity index is 1360. The maximum absolute atomic E-state index is 13.2. The van der Waals surface area contributed by atoms with E-state index >= 15 is 0 Å². The number of rotatable bonds is 6. The second-order valence-corrected chi connectivity index (χ2v) is 8.67. The van der Waals surface area contributed by atoms with Gasteiger partial charge in [-0.1, -0.05) is 37.3 Å². The van der Waals surface area contributed by atoms with Crippen LogP contribution in [-0.4, -0.2) is 29.4 Å². The predicted molar refractivity (Wildman–Crippen MR) is 123 cm³/mol. The van der Waals surface area contributed by atoms with Crippen LogP contribution in [0.5, 0.6) is 0 Å². The standard InChI is InChI=1S/C26H24N2O6/c1-2-26(19-9-4-3-5-10-19)24(31)28(25(32)27-26)14-23(30)33-15-18-13-22(29)34-21-12-17-8-6-7-16(17)11-20(18)21/h3-5,9-13H,2,6-8,14-15H2,1H3,(H,27,32). The Kier molecular flexibility index (Phi) is 5.43. The van der Waals surface area contributed by atoms with Gasteiger partial charge in [-0.15, -0.1) is 0 Å². The fraction of sp³-hybridized carbons (Fsp3) is 0.308. The molecule has 1 aliphatic carbocycles. The van der Waals surface area contributed by atoms with Crippen LogP contribution >= 0.6 is 0 Å². The van der Waals surface area contributed by atoms with E-state index in [9.17, 15) is 19.2 Å². The minimum absolute atomic E-state index is 0.166. The van der Waals surface area contributed by atoms with E-state index in [-0.39, 0.29) is 6.61 Å². The number of urea groups is 1. The van der Waals surface area contributed by atoms with Crippen LogP contribution in [0.25, 0.3) is 11.0 Å². The molecule has 1 fully saturated rings. The van der Waals surface area contributed by atoms with E-state index in [1.54, 1.807) is 31.2 Å². The molecule has 1 atom stereocenters. The van der Waals surface area contributed by atoms with Gasteiger partial charge in [0.25, 0.3) is 5.91 Å². The molecule has 3 aromatic rings. The van der Waals surface area contributed by atoms with Gasteiger partial charge < -0.3 is 14.5 Å². The van der Waals surface area contributed by atoms with Crippen LogP contribution in [0.1, 0.15) is 42.0 Å². The number of hydrogen-bond acceptors (Lipinski definition) is 6. The Morgan fingerprint density at radius 2 is 1.82 bits per heavy atom. The number of nitrogens with one attached hydrogen (secondary N) is 1. The molecule has 0 radical (unpaired) electrons. The van der Waals surface area contributed by atoms with Gasteiger partial charge in [-0.25, -0.2) is 9.59 Å². The van der Waals surface area contributed by atoms with Gasteiger partial charge in [-0.05, 0) is 54.5 Å². The van der Waals surface area contributed by atoms with Gasteiger partial charge in [0.15, 0.2) is 0 Å². The largest absolute Gasteiger partial charge is 0.459 e. The molecule has 2 aliphatic rings. The summed E-state index contributed by atoms with van der Waals surface area (Å²) in [5, 5.41) is 3.46. The lowest BCUT2D eigenvalue weighted by Gasteiger charge is -2.25. The molecule has 3 amide bonds. The third kappa shape index (κ3) is 3.65. The number of aryl methyl sites for hydroxylation is 2. The van der Waals surface area contributed by atoms with E-state index in [1.807, 2.05) is 18.2 Å². The topological polar surface area (TPSA) is 106 Å². The first-order chi connectivity index (χ1) is 16.4. The first-order valence-electron chi connectivity index (χ1n) is 11.3. The predicted octanol–water partition coefficient (Wildman–Crippen LogP) is 3.18. The molecule has 174 valence electrons. The molecule has 2 aromatic carbocycles. The lowest BCUT2D eigenvalue weighted by Crippen LogP contribution is -2.43. The summed E-state index contributed by atoms with van der Waals surface area (Å²) in [6.07, 6.45) is 3.29. The van der Waals surface area contributed by atoms with Crippen LogP contribution in [0, 0.1) is 0 Å². The quantitative estimate of drug-likeness (QED) is 0.344. The third-order valence-electron chi connectivity index (χ3n) is 6.69. The van der Waals surface area contributed by atoms with Crippen molar-refractivity contribution in [3.63, 3.8) is 0 Å². The summed E-state index contributed by atoms with van der Waals surface area (Å²) in [6, 6.07) is 13.5. The molecule has 2 heterocycles. The highest BCUT2D eigenvalue weighted by Crippen LogP contribution is 2.32. The van der Waals surface area contributed by atoms with Gasteiger partial charge >= 0.3 is 17.6 Å². The number of amides is 3. The fourth-order valence-corrected chi connectivity index (χ4v) is 4.88. The van der Waals surface area contributed by atoms with Crippen molar-refractivity contribution in [3.8, 4) is 0 Å². The number of carbonyl (C=O) groups is 3. The molecule has 1 aliphatic heterocycles. The molecule has 0 saturated carbocycles. The Labute approximate surface area is 195 Å². The van der Waals surface area contributed by atoms with Gasteiger partial charge in [0.1, 0.15) is 24.3 Å². The summed E-state index contributed by atoms with van der Waals surface area (Å²) in [7, 11) is 0. The summed E-state index contributed by atoms with van der Waals surface area (Å²) in [5.41, 5.74) is 2.27.